The van der Waals surface area contributed by atoms with Crippen LogP contribution in [-0.4, -0.2) is 31.3 Å². The van der Waals surface area contributed by atoms with Crippen molar-refractivity contribution in [2.75, 3.05) is 14.2 Å². The minimum absolute atomic E-state index is 0.364. The minimum Gasteiger partial charge on any atom is -0.375 e. The molecule has 2 nitrogen and oxygen atoms in total. The standard InChI is InChI=1S/C10H16F2O2/c1-8(13-3)5-6-10(11,12)7-9(8,2)14-4/h5-6H,7H2,1-4H3. The lowest BCUT2D eigenvalue weighted by atomic mass is 9.76. The van der Waals surface area contributed by atoms with Gasteiger partial charge in [-0.3, -0.25) is 0 Å². The first-order chi connectivity index (χ1) is 6.29. The van der Waals surface area contributed by atoms with Gasteiger partial charge in [0.2, 0.25) is 0 Å². The van der Waals surface area contributed by atoms with Crippen molar-refractivity contribution in [2.45, 2.75) is 37.4 Å². The second kappa shape index (κ2) is 3.28. The van der Waals surface area contributed by atoms with Crippen molar-refractivity contribution in [3.8, 4) is 0 Å². The third kappa shape index (κ3) is 1.68. The fourth-order valence-corrected chi connectivity index (χ4v) is 1.70. The zero-order valence-electron chi connectivity index (χ0n) is 8.93. The Morgan fingerprint density at radius 1 is 1.07 bits per heavy atom. The molecule has 0 aromatic carbocycles. The van der Waals surface area contributed by atoms with E-state index in [9.17, 15) is 8.78 Å². The van der Waals surface area contributed by atoms with Crippen molar-refractivity contribution >= 4 is 0 Å². The molecule has 0 spiro atoms. The Labute approximate surface area is 82.9 Å². The number of halogens is 2. The summed E-state index contributed by atoms with van der Waals surface area (Å²) in [7, 11) is 2.91. The topological polar surface area (TPSA) is 18.5 Å². The second-order valence-electron chi connectivity index (χ2n) is 4.02. The van der Waals surface area contributed by atoms with Gasteiger partial charge in [-0.15, -0.1) is 0 Å². The maximum absolute atomic E-state index is 13.1. The number of methoxy groups -OCH3 is 2. The highest BCUT2D eigenvalue weighted by atomic mass is 19.3. The molecule has 0 bridgehead atoms. The minimum atomic E-state index is -2.82. The summed E-state index contributed by atoms with van der Waals surface area (Å²) >= 11 is 0. The molecule has 0 heterocycles. The first-order valence-electron chi connectivity index (χ1n) is 4.47. The molecule has 0 aromatic heterocycles. The maximum Gasteiger partial charge on any atom is 0.269 e. The predicted molar refractivity (Wildman–Crippen MR) is 49.5 cm³/mol. The molecule has 1 aliphatic carbocycles. The predicted octanol–water partition coefficient (Wildman–Crippen LogP) is 2.39. The van der Waals surface area contributed by atoms with Gasteiger partial charge in [0.15, 0.2) is 0 Å². The van der Waals surface area contributed by atoms with Crippen molar-refractivity contribution in [2.24, 2.45) is 0 Å². The first-order valence-corrected chi connectivity index (χ1v) is 4.47. The zero-order chi connectivity index (χ0) is 11.0. The lowest BCUT2D eigenvalue weighted by Gasteiger charge is -2.46. The summed E-state index contributed by atoms with van der Waals surface area (Å²) in [6.45, 7) is 3.37. The van der Waals surface area contributed by atoms with E-state index in [1.54, 1.807) is 13.8 Å². The molecule has 0 aromatic rings. The molecule has 0 radical (unpaired) electrons. The van der Waals surface area contributed by atoms with E-state index in [0.717, 1.165) is 6.08 Å². The van der Waals surface area contributed by atoms with E-state index in [1.165, 1.54) is 20.3 Å². The van der Waals surface area contributed by atoms with Gasteiger partial charge in [-0.2, -0.15) is 0 Å². The highest BCUT2D eigenvalue weighted by Gasteiger charge is 2.53. The molecule has 2 unspecified atom stereocenters. The Morgan fingerprint density at radius 3 is 2.07 bits per heavy atom. The number of hydrogen-bond acceptors (Lipinski definition) is 2. The molecule has 0 amide bonds. The normalized spacial score (nSPS) is 41.3. The van der Waals surface area contributed by atoms with E-state index in [0.29, 0.717) is 0 Å². The Hall–Kier alpha value is -0.480. The smallest absolute Gasteiger partial charge is 0.269 e. The van der Waals surface area contributed by atoms with E-state index < -0.39 is 17.1 Å². The van der Waals surface area contributed by atoms with Crippen LogP contribution in [0.25, 0.3) is 0 Å². The summed E-state index contributed by atoms with van der Waals surface area (Å²) < 4.78 is 36.7. The SMILES string of the molecule is COC1(C)C=CC(F)(F)CC1(C)OC. The Kier molecular flexibility index (Phi) is 2.71. The van der Waals surface area contributed by atoms with Crippen molar-refractivity contribution in [1.29, 1.82) is 0 Å². The van der Waals surface area contributed by atoms with E-state index in [1.807, 2.05) is 0 Å². The van der Waals surface area contributed by atoms with Gasteiger partial charge < -0.3 is 9.47 Å². The third-order valence-electron chi connectivity index (χ3n) is 3.14. The highest BCUT2D eigenvalue weighted by Crippen LogP contribution is 2.43. The molecule has 0 saturated carbocycles. The molecule has 14 heavy (non-hydrogen) atoms. The molecule has 0 fully saturated rings. The van der Waals surface area contributed by atoms with Crippen LogP contribution in [0.5, 0.6) is 0 Å². The summed E-state index contributed by atoms with van der Waals surface area (Å²) in [5.74, 6) is -2.82. The van der Waals surface area contributed by atoms with E-state index in [4.69, 9.17) is 9.47 Å². The van der Waals surface area contributed by atoms with Crippen LogP contribution in [0.3, 0.4) is 0 Å². The van der Waals surface area contributed by atoms with Crippen LogP contribution in [0.4, 0.5) is 8.78 Å². The molecule has 1 rings (SSSR count). The fourth-order valence-electron chi connectivity index (χ4n) is 1.70. The number of ether oxygens (including phenoxy) is 2. The van der Waals surface area contributed by atoms with Gasteiger partial charge in [-0.1, -0.05) is 0 Å². The van der Waals surface area contributed by atoms with Gasteiger partial charge in [0.1, 0.15) is 11.2 Å². The van der Waals surface area contributed by atoms with Crippen LogP contribution in [0.1, 0.15) is 20.3 Å². The monoisotopic (exact) mass is 206 g/mol. The molecule has 0 aliphatic heterocycles. The van der Waals surface area contributed by atoms with Crippen LogP contribution in [0, 0.1) is 0 Å². The molecule has 4 heteroatoms. The van der Waals surface area contributed by atoms with Crippen LogP contribution >= 0.6 is 0 Å². The molecule has 1 aliphatic rings. The lowest BCUT2D eigenvalue weighted by molar-refractivity contribution is -0.182. The van der Waals surface area contributed by atoms with Gasteiger partial charge in [0.25, 0.3) is 5.92 Å². The third-order valence-corrected chi connectivity index (χ3v) is 3.14. The number of allylic oxidation sites excluding steroid dienone is 1. The maximum atomic E-state index is 13.1. The molecular formula is C10H16F2O2. The molecule has 2 atom stereocenters. The Balaban J connectivity index is 3.09. The average molecular weight is 206 g/mol. The highest BCUT2D eigenvalue weighted by molar-refractivity contribution is 5.20. The number of hydrogen-bond donors (Lipinski definition) is 0. The van der Waals surface area contributed by atoms with Crippen molar-refractivity contribution in [3.05, 3.63) is 12.2 Å². The Morgan fingerprint density at radius 2 is 1.64 bits per heavy atom. The lowest BCUT2D eigenvalue weighted by Crippen LogP contribution is -2.56. The van der Waals surface area contributed by atoms with Gasteiger partial charge in [0.05, 0.1) is 0 Å². The van der Waals surface area contributed by atoms with E-state index in [-0.39, 0.29) is 6.42 Å². The van der Waals surface area contributed by atoms with Crippen LogP contribution in [0.2, 0.25) is 0 Å². The summed E-state index contributed by atoms with van der Waals surface area (Å²) in [5, 5.41) is 0. The van der Waals surface area contributed by atoms with E-state index in [2.05, 4.69) is 0 Å². The molecule has 0 N–H and O–H groups in total. The summed E-state index contributed by atoms with van der Waals surface area (Å²) in [6, 6.07) is 0. The summed E-state index contributed by atoms with van der Waals surface area (Å²) in [5.41, 5.74) is -1.80. The van der Waals surface area contributed by atoms with Gasteiger partial charge in [0, 0.05) is 20.6 Å². The number of rotatable bonds is 2. The fraction of sp³-hybridized carbons (Fsp3) is 0.800. The van der Waals surface area contributed by atoms with Gasteiger partial charge in [-0.05, 0) is 26.0 Å². The van der Waals surface area contributed by atoms with Crippen molar-refractivity contribution in [1.82, 2.24) is 0 Å². The van der Waals surface area contributed by atoms with Crippen molar-refractivity contribution < 1.29 is 18.3 Å². The largest absolute Gasteiger partial charge is 0.375 e. The van der Waals surface area contributed by atoms with Crippen LogP contribution < -0.4 is 0 Å². The average Bonchev–Trinajstić information content (AvgIpc) is 2.12. The first kappa shape index (κ1) is 11.6. The van der Waals surface area contributed by atoms with Gasteiger partial charge in [-0.25, -0.2) is 8.78 Å². The molecule has 82 valence electrons. The summed E-state index contributed by atoms with van der Waals surface area (Å²) in [4.78, 5) is 0. The van der Waals surface area contributed by atoms with Gasteiger partial charge >= 0.3 is 0 Å². The van der Waals surface area contributed by atoms with Crippen molar-refractivity contribution in [3.63, 3.8) is 0 Å². The quantitative estimate of drug-likeness (QED) is 0.646. The Bertz CT molecular complexity index is 253. The zero-order valence-corrected chi connectivity index (χ0v) is 8.93. The summed E-state index contributed by atoms with van der Waals surface area (Å²) in [6.07, 6.45) is 1.90. The molecule has 0 saturated heterocycles. The second-order valence-corrected chi connectivity index (χ2v) is 4.02. The number of alkyl halides is 2. The van der Waals surface area contributed by atoms with Crippen LogP contribution in [-0.2, 0) is 9.47 Å². The van der Waals surface area contributed by atoms with Crippen LogP contribution in [0.15, 0.2) is 12.2 Å². The molecular weight excluding hydrogens is 190 g/mol. The van der Waals surface area contributed by atoms with E-state index >= 15 is 0 Å².